The largest absolute Gasteiger partial charge is 0.355 e. The molecule has 1 amide bonds. The van der Waals surface area contributed by atoms with Gasteiger partial charge in [-0.05, 0) is 5.56 Å². The van der Waals surface area contributed by atoms with Gasteiger partial charge in [0.1, 0.15) is 0 Å². The fraction of sp³-hybridized carbons (Fsp3) is 0.444. The Morgan fingerprint density at radius 3 is 2.88 bits per heavy atom. The predicted octanol–water partition coefficient (Wildman–Crippen LogP) is 0.882. The van der Waals surface area contributed by atoms with Crippen LogP contribution in [0.15, 0.2) is 11.4 Å². The first kappa shape index (κ1) is 12.6. The number of thiophene rings is 1. The number of hydrogen-bond acceptors (Lipinski definition) is 5. The van der Waals surface area contributed by atoms with Gasteiger partial charge in [-0.3, -0.25) is 14.9 Å². The molecule has 0 radical (unpaired) electrons. The van der Waals surface area contributed by atoms with Gasteiger partial charge in [-0.15, -0.1) is 0 Å². The highest BCUT2D eigenvalue weighted by atomic mass is 32.1. The second-order valence-electron chi connectivity index (χ2n) is 3.21. The Morgan fingerprint density at radius 2 is 2.31 bits per heavy atom. The van der Waals surface area contributed by atoms with E-state index < -0.39 is 4.92 Å². The number of rotatable bonds is 6. The normalized spacial score (nSPS) is 10.1. The third-order valence-electron chi connectivity index (χ3n) is 1.82. The van der Waals surface area contributed by atoms with Crippen LogP contribution in [0.4, 0.5) is 5.00 Å². The van der Waals surface area contributed by atoms with Crippen LogP contribution in [0.3, 0.4) is 0 Å². The van der Waals surface area contributed by atoms with Crippen LogP contribution in [0.2, 0.25) is 0 Å². The number of carbonyl (C=O) groups excluding carboxylic acids is 1. The van der Waals surface area contributed by atoms with E-state index in [1.165, 1.54) is 6.92 Å². The lowest BCUT2D eigenvalue weighted by atomic mass is 10.3. The number of nitrogens with zero attached hydrogens (tertiary/aromatic N) is 1. The zero-order valence-electron chi connectivity index (χ0n) is 8.86. The summed E-state index contributed by atoms with van der Waals surface area (Å²) < 4.78 is 0. The molecule has 1 heterocycles. The summed E-state index contributed by atoms with van der Waals surface area (Å²) in [7, 11) is 0. The van der Waals surface area contributed by atoms with E-state index in [0.29, 0.717) is 19.6 Å². The SMILES string of the molecule is CC(=O)NCCNCc1csc([N+](=O)[O-])c1. The molecule has 0 aromatic carbocycles. The molecule has 1 aromatic rings. The molecule has 0 aliphatic rings. The van der Waals surface area contributed by atoms with Crippen molar-refractivity contribution in [2.45, 2.75) is 13.5 Å². The molecule has 0 saturated carbocycles. The highest BCUT2D eigenvalue weighted by Crippen LogP contribution is 2.22. The molecule has 1 rings (SSSR count). The van der Waals surface area contributed by atoms with Gasteiger partial charge in [-0.1, -0.05) is 11.3 Å². The van der Waals surface area contributed by atoms with E-state index in [2.05, 4.69) is 10.6 Å². The molecule has 7 heteroatoms. The highest BCUT2D eigenvalue weighted by molar-refractivity contribution is 7.13. The Balaban J connectivity index is 2.21. The number of nitro groups is 1. The van der Waals surface area contributed by atoms with Crippen molar-refractivity contribution in [1.29, 1.82) is 0 Å². The summed E-state index contributed by atoms with van der Waals surface area (Å²) in [5.41, 5.74) is 0.888. The smallest absolute Gasteiger partial charge is 0.324 e. The molecule has 88 valence electrons. The lowest BCUT2D eigenvalue weighted by Gasteiger charge is -2.03. The molecule has 1 aromatic heterocycles. The molecule has 2 N–H and O–H groups in total. The van der Waals surface area contributed by atoms with Gasteiger partial charge in [0.25, 0.3) is 0 Å². The molecule has 0 atom stereocenters. The first-order chi connectivity index (χ1) is 7.59. The molecule has 16 heavy (non-hydrogen) atoms. The maximum atomic E-state index is 10.5. The summed E-state index contributed by atoms with van der Waals surface area (Å²) in [6.07, 6.45) is 0. The van der Waals surface area contributed by atoms with Crippen molar-refractivity contribution in [3.63, 3.8) is 0 Å². The lowest BCUT2D eigenvalue weighted by Crippen LogP contribution is -2.29. The number of amides is 1. The summed E-state index contributed by atoms with van der Waals surface area (Å²) in [6, 6.07) is 1.55. The van der Waals surface area contributed by atoms with Gasteiger partial charge in [0.2, 0.25) is 5.91 Å². The number of hydrogen-bond donors (Lipinski definition) is 2. The van der Waals surface area contributed by atoms with Crippen LogP contribution in [0.25, 0.3) is 0 Å². The number of carbonyl (C=O) groups is 1. The Bertz CT molecular complexity index is 378. The molecule has 0 aliphatic carbocycles. The van der Waals surface area contributed by atoms with Crippen molar-refractivity contribution in [3.8, 4) is 0 Å². The predicted molar refractivity (Wildman–Crippen MR) is 61.4 cm³/mol. The average molecular weight is 243 g/mol. The van der Waals surface area contributed by atoms with Gasteiger partial charge in [0, 0.05) is 38.0 Å². The Labute approximate surface area is 96.8 Å². The third-order valence-corrected chi connectivity index (χ3v) is 2.75. The van der Waals surface area contributed by atoms with Gasteiger partial charge >= 0.3 is 5.00 Å². The molecular formula is C9H13N3O3S. The van der Waals surface area contributed by atoms with Gasteiger partial charge in [-0.25, -0.2) is 0 Å². The maximum absolute atomic E-state index is 10.5. The first-order valence-electron chi connectivity index (χ1n) is 4.76. The van der Waals surface area contributed by atoms with Crippen LogP contribution in [0.5, 0.6) is 0 Å². The molecule has 0 fully saturated rings. The first-order valence-corrected chi connectivity index (χ1v) is 5.64. The Morgan fingerprint density at radius 1 is 1.56 bits per heavy atom. The molecule has 0 aliphatic heterocycles. The lowest BCUT2D eigenvalue weighted by molar-refractivity contribution is -0.380. The Hall–Kier alpha value is -1.47. The van der Waals surface area contributed by atoms with E-state index in [-0.39, 0.29) is 10.9 Å². The second kappa shape index (κ2) is 6.19. The summed E-state index contributed by atoms with van der Waals surface area (Å²) in [5.74, 6) is -0.0621. The minimum Gasteiger partial charge on any atom is -0.355 e. The van der Waals surface area contributed by atoms with E-state index in [9.17, 15) is 14.9 Å². The summed E-state index contributed by atoms with van der Waals surface area (Å²) >= 11 is 1.12. The van der Waals surface area contributed by atoms with Crippen LogP contribution in [0.1, 0.15) is 12.5 Å². The van der Waals surface area contributed by atoms with Crippen molar-refractivity contribution in [3.05, 3.63) is 27.1 Å². The Kier molecular flexibility index (Phi) is 4.87. The fourth-order valence-corrected chi connectivity index (χ4v) is 1.84. The summed E-state index contributed by atoms with van der Waals surface area (Å²) in [5, 5.41) is 18.0. The highest BCUT2D eigenvalue weighted by Gasteiger charge is 2.08. The topological polar surface area (TPSA) is 84.3 Å². The molecule has 6 nitrogen and oxygen atoms in total. The second-order valence-corrected chi connectivity index (χ2v) is 4.10. The molecule has 0 unspecified atom stereocenters. The van der Waals surface area contributed by atoms with E-state index in [4.69, 9.17) is 0 Å². The van der Waals surface area contributed by atoms with Gasteiger partial charge in [-0.2, -0.15) is 0 Å². The molecule has 0 bridgehead atoms. The monoisotopic (exact) mass is 243 g/mol. The summed E-state index contributed by atoms with van der Waals surface area (Å²) in [6.45, 7) is 3.23. The van der Waals surface area contributed by atoms with Crippen LogP contribution in [-0.2, 0) is 11.3 Å². The van der Waals surface area contributed by atoms with Gasteiger partial charge in [0.05, 0.1) is 4.92 Å². The van der Waals surface area contributed by atoms with Crippen molar-refractivity contribution in [2.75, 3.05) is 13.1 Å². The summed E-state index contributed by atoms with van der Waals surface area (Å²) in [4.78, 5) is 20.6. The third kappa shape index (κ3) is 4.37. The van der Waals surface area contributed by atoms with Crippen molar-refractivity contribution < 1.29 is 9.72 Å². The van der Waals surface area contributed by atoms with E-state index in [1.54, 1.807) is 11.4 Å². The van der Waals surface area contributed by atoms with Gasteiger partial charge in [0.15, 0.2) is 0 Å². The fourth-order valence-electron chi connectivity index (χ4n) is 1.11. The van der Waals surface area contributed by atoms with E-state index in [0.717, 1.165) is 16.9 Å². The van der Waals surface area contributed by atoms with Gasteiger partial charge < -0.3 is 10.6 Å². The van der Waals surface area contributed by atoms with Crippen LogP contribution < -0.4 is 10.6 Å². The standard InChI is InChI=1S/C9H13N3O3S/c1-7(13)11-3-2-10-5-8-4-9(12(14)15)16-6-8/h4,6,10H,2-3,5H2,1H3,(H,11,13). The minimum atomic E-state index is -0.397. The van der Waals surface area contributed by atoms with Crippen molar-refractivity contribution in [2.24, 2.45) is 0 Å². The van der Waals surface area contributed by atoms with E-state index >= 15 is 0 Å². The van der Waals surface area contributed by atoms with Crippen LogP contribution >= 0.6 is 11.3 Å². The quantitative estimate of drug-likeness (QED) is 0.441. The maximum Gasteiger partial charge on any atom is 0.324 e. The zero-order chi connectivity index (χ0) is 12.0. The van der Waals surface area contributed by atoms with Crippen LogP contribution in [-0.4, -0.2) is 23.9 Å². The van der Waals surface area contributed by atoms with Crippen LogP contribution in [0, 0.1) is 10.1 Å². The van der Waals surface area contributed by atoms with E-state index in [1.807, 2.05) is 0 Å². The molecule has 0 spiro atoms. The molecule has 0 saturated heterocycles. The minimum absolute atomic E-state index is 0.0621. The van der Waals surface area contributed by atoms with Crippen molar-refractivity contribution in [1.82, 2.24) is 10.6 Å². The zero-order valence-corrected chi connectivity index (χ0v) is 9.67. The van der Waals surface area contributed by atoms with Crippen molar-refractivity contribution >= 4 is 22.2 Å². The molecular weight excluding hydrogens is 230 g/mol. The number of nitrogens with one attached hydrogen (secondary N) is 2. The average Bonchev–Trinajstić information content (AvgIpc) is 2.65.